The minimum Gasteiger partial charge on any atom is -0.382 e. The quantitative estimate of drug-likeness (QED) is 0.560. The molecule has 1 saturated heterocycles. The third-order valence-corrected chi connectivity index (χ3v) is 3.34. The number of hydrogen-bond donors (Lipinski definition) is 1. The average molecular weight is 259 g/mol. The maximum Gasteiger partial charge on any atom is 0.0700 e. The zero-order chi connectivity index (χ0) is 13.1. The van der Waals surface area contributed by atoms with Crippen molar-refractivity contribution in [2.45, 2.75) is 12.8 Å². The molecule has 0 radical (unpaired) electrons. The van der Waals surface area contributed by atoms with Crippen LogP contribution < -0.4 is 5.73 Å². The molecule has 0 aromatic carbocycles. The SMILES string of the molecule is COCCOCCCN1CCN(CCCN)CC1. The van der Waals surface area contributed by atoms with Gasteiger partial charge in [-0.05, 0) is 25.9 Å². The van der Waals surface area contributed by atoms with E-state index in [1.807, 2.05) is 0 Å². The second-order valence-corrected chi connectivity index (χ2v) is 4.78. The first-order chi connectivity index (χ1) is 8.86. The largest absolute Gasteiger partial charge is 0.382 e. The lowest BCUT2D eigenvalue weighted by molar-refractivity contribution is 0.0608. The predicted molar refractivity (Wildman–Crippen MR) is 73.9 cm³/mol. The lowest BCUT2D eigenvalue weighted by Crippen LogP contribution is -2.47. The molecule has 0 aromatic rings. The van der Waals surface area contributed by atoms with Crippen molar-refractivity contribution in [1.29, 1.82) is 0 Å². The molecule has 1 aliphatic heterocycles. The standard InChI is InChI=1S/C13H29N3O2/c1-17-12-13-18-11-3-6-16-9-7-15(8-10-16)5-2-4-14/h2-14H2,1H3. The molecular weight excluding hydrogens is 230 g/mol. The second-order valence-electron chi connectivity index (χ2n) is 4.78. The topological polar surface area (TPSA) is 51.0 Å². The van der Waals surface area contributed by atoms with Gasteiger partial charge in [0.15, 0.2) is 0 Å². The van der Waals surface area contributed by atoms with Gasteiger partial charge in [-0.25, -0.2) is 0 Å². The molecule has 0 atom stereocenters. The van der Waals surface area contributed by atoms with E-state index in [0.717, 1.165) is 39.1 Å². The van der Waals surface area contributed by atoms with E-state index in [9.17, 15) is 0 Å². The summed E-state index contributed by atoms with van der Waals surface area (Å²) in [6, 6.07) is 0. The summed E-state index contributed by atoms with van der Waals surface area (Å²) in [5.41, 5.74) is 5.53. The van der Waals surface area contributed by atoms with Crippen molar-refractivity contribution in [2.24, 2.45) is 5.73 Å². The third-order valence-electron chi connectivity index (χ3n) is 3.34. The summed E-state index contributed by atoms with van der Waals surface area (Å²) in [6.45, 7) is 10.1. The van der Waals surface area contributed by atoms with E-state index in [2.05, 4.69) is 9.80 Å². The number of methoxy groups -OCH3 is 1. The van der Waals surface area contributed by atoms with Gasteiger partial charge in [0, 0.05) is 46.4 Å². The Morgan fingerprint density at radius 3 is 2.06 bits per heavy atom. The molecule has 1 fully saturated rings. The summed E-state index contributed by atoms with van der Waals surface area (Å²) in [7, 11) is 1.70. The Morgan fingerprint density at radius 1 is 0.889 bits per heavy atom. The highest BCUT2D eigenvalue weighted by atomic mass is 16.5. The molecule has 0 aromatic heterocycles. The maximum absolute atomic E-state index is 5.53. The molecule has 0 bridgehead atoms. The van der Waals surface area contributed by atoms with Crippen LogP contribution in [0.25, 0.3) is 0 Å². The fourth-order valence-corrected chi connectivity index (χ4v) is 2.19. The Hall–Kier alpha value is -0.200. The number of hydrogen-bond acceptors (Lipinski definition) is 5. The number of rotatable bonds is 10. The third kappa shape index (κ3) is 7.28. The number of ether oxygens (including phenoxy) is 2. The van der Waals surface area contributed by atoms with Crippen LogP contribution in [0.4, 0.5) is 0 Å². The average Bonchev–Trinajstić information content (AvgIpc) is 2.42. The van der Waals surface area contributed by atoms with Gasteiger partial charge < -0.3 is 25.0 Å². The smallest absolute Gasteiger partial charge is 0.0700 e. The van der Waals surface area contributed by atoms with Crippen molar-refractivity contribution in [2.75, 3.05) is 72.7 Å². The molecule has 2 N–H and O–H groups in total. The predicted octanol–water partition coefficient (Wildman–Crippen LogP) is 0.00590. The van der Waals surface area contributed by atoms with Crippen LogP contribution in [0.5, 0.6) is 0 Å². The molecule has 1 aliphatic rings. The molecule has 108 valence electrons. The van der Waals surface area contributed by atoms with E-state index in [4.69, 9.17) is 15.2 Å². The van der Waals surface area contributed by atoms with Crippen LogP contribution in [0, 0.1) is 0 Å². The number of nitrogens with zero attached hydrogens (tertiary/aromatic N) is 2. The van der Waals surface area contributed by atoms with Crippen LogP contribution in [0.15, 0.2) is 0 Å². The van der Waals surface area contributed by atoms with Gasteiger partial charge in [-0.2, -0.15) is 0 Å². The first kappa shape index (κ1) is 15.9. The fraction of sp³-hybridized carbons (Fsp3) is 1.00. The van der Waals surface area contributed by atoms with Gasteiger partial charge in [0.25, 0.3) is 0 Å². The zero-order valence-electron chi connectivity index (χ0n) is 11.8. The molecule has 0 spiro atoms. The van der Waals surface area contributed by atoms with Gasteiger partial charge in [0.05, 0.1) is 13.2 Å². The highest BCUT2D eigenvalue weighted by Gasteiger charge is 2.15. The van der Waals surface area contributed by atoms with E-state index in [0.29, 0.717) is 13.2 Å². The van der Waals surface area contributed by atoms with Gasteiger partial charge in [-0.1, -0.05) is 0 Å². The van der Waals surface area contributed by atoms with Gasteiger partial charge >= 0.3 is 0 Å². The van der Waals surface area contributed by atoms with Crippen molar-refractivity contribution in [1.82, 2.24) is 9.80 Å². The maximum atomic E-state index is 5.53. The first-order valence-electron chi connectivity index (χ1n) is 7.08. The summed E-state index contributed by atoms with van der Waals surface area (Å²) in [6.07, 6.45) is 2.24. The first-order valence-corrected chi connectivity index (χ1v) is 7.08. The molecule has 0 amide bonds. The molecule has 1 heterocycles. The van der Waals surface area contributed by atoms with Crippen molar-refractivity contribution in [3.05, 3.63) is 0 Å². The van der Waals surface area contributed by atoms with E-state index < -0.39 is 0 Å². The van der Waals surface area contributed by atoms with Crippen LogP contribution >= 0.6 is 0 Å². The van der Waals surface area contributed by atoms with Gasteiger partial charge in [-0.3, -0.25) is 0 Å². The van der Waals surface area contributed by atoms with Crippen LogP contribution in [0.2, 0.25) is 0 Å². The molecule has 5 heteroatoms. The van der Waals surface area contributed by atoms with Gasteiger partial charge in [0.2, 0.25) is 0 Å². The molecular formula is C13H29N3O2. The van der Waals surface area contributed by atoms with Crippen LogP contribution in [-0.4, -0.2) is 82.5 Å². The summed E-state index contributed by atoms with van der Waals surface area (Å²) in [4.78, 5) is 5.04. The summed E-state index contributed by atoms with van der Waals surface area (Å²) >= 11 is 0. The molecule has 18 heavy (non-hydrogen) atoms. The Kier molecular flexibility index (Phi) is 9.42. The molecule has 0 unspecified atom stereocenters. The van der Waals surface area contributed by atoms with Crippen LogP contribution in [-0.2, 0) is 9.47 Å². The minimum atomic E-state index is 0.694. The minimum absolute atomic E-state index is 0.694. The summed E-state index contributed by atoms with van der Waals surface area (Å²) < 4.78 is 10.4. The van der Waals surface area contributed by atoms with Crippen LogP contribution in [0.1, 0.15) is 12.8 Å². The van der Waals surface area contributed by atoms with Crippen molar-refractivity contribution >= 4 is 0 Å². The second kappa shape index (κ2) is 10.7. The highest BCUT2D eigenvalue weighted by Crippen LogP contribution is 2.03. The van der Waals surface area contributed by atoms with Crippen LogP contribution in [0.3, 0.4) is 0 Å². The Bertz CT molecular complexity index is 185. The summed E-state index contributed by atoms with van der Waals surface area (Å²) in [5.74, 6) is 0. The number of piperazine rings is 1. The Balaban J connectivity index is 1.92. The lowest BCUT2D eigenvalue weighted by Gasteiger charge is -2.34. The monoisotopic (exact) mass is 259 g/mol. The van der Waals surface area contributed by atoms with Gasteiger partial charge in [0.1, 0.15) is 0 Å². The fourth-order valence-electron chi connectivity index (χ4n) is 2.19. The molecule has 0 saturated carbocycles. The summed E-state index contributed by atoms with van der Waals surface area (Å²) in [5, 5.41) is 0. The molecule has 5 nitrogen and oxygen atoms in total. The normalized spacial score (nSPS) is 18.3. The van der Waals surface area contributed by atoms with Crippen molar-refractivity contribution in [3.63, 3.8) is 0 Å². The van der Waals surface area contributed by atoms with E-state index in [1.54, 1.807) is 7.11 Å². The van der Waals surface area contributed by atoms with E-state index in [-0.39, 0.29) is 0 Å². The van der Waals surface area contributed by atoms with Crippen molar-refractivity contribution in [3.8, 4) is 0 Å². The van der Waals surface area contributed by atoms with E-state index in [1.165, 1.54) is 26.2 Å². The Morgan fingerprint density at radius 2 is 1.50 bits per heavy atom. The van der Waals surface area contributed by atoms with Crippen molar-refractivity contribution < 1.29 is 9.47 Å². The highest BCUT2D eigenvalue weighted by molar-refractivity contribution is 4.71. The van der Waals surface area contributed by atoms with Gasteiger partial charge in [-0.15, -0.1) is 0 Å². The molecule has 0 aliphatic carbocycles. The molecule has 1 rings (SSSR count). The lowest BCUT2D eigenvalue weighted by atomic mass is 10.2. The van der Waals surface area contributed by atoms with E-state index >= 15 is 0 Å². The number of nitrogens with two attached hydrogens (primary N) is 1. The Labute approximate surface area is 111 Å². The zero-order valence-corrected chi connectivity index (χ0v) is 11.8.